The molecule has 3 amide bonds. The second-order valence-corrected chi connectivity index (χ2v) is 17.4. The van der Waals surface area contributed by atoms with Crippen LogP contribution < -0.4 is 19.7 Å². The fraction of sp³-hybridized carbons (Fsp3) is 0.579. The van der Waals surface area contributed by atoms with Crippen LogP contribution in [0, 0.1) is 11.8 Å². The highest BCUT2D eigenvalue weighted by atomic mass is 35.5. The Bertz CT molecular complexity index is 1800. The summed E-state index contributed by atoms with van der Waals surface area (Å²) in [5.74, 6) is 0.512. The minimum atomic E-state index is -3.84. The van der Waals surface area contributed by atoms with E-state index in [0.29, 0.717) is 50.9 Å². The summed E-state index contributed by atoms with van der Waals surface area (Å²) >= 11 is 6.47. The zero-order valence-corrected chi connectivity index (χ0v) is 31.2. The molecule has 3 heterocycles. The topological polar surface area (TPSA) is 128 Å². The molecule has 2 N–H and O–H groups in total. The molecule has 1 saturated heterocycles. The fourth-order valence-electron chi connectivity index (χ4n) is 8.25. The number of fused-ring (bicyclic) bond motifs is 4. The van der Waals surface area contributed by atoms with Crippen molar-refractivity contribution < 1.29 is 32.7 Å². The average molecular weight is 741 g/mol. The number of anilines is 1. The van der Waals surface area contributed by atoms with Gasteiger partial charge in [0, 0.05) is 49.9 Å². The van der Waals surface area contributed by atoms with Gasteiger partial charge in [0.15, 0.2) is 9.92 Å². The molecule has 1 spiro atoms. The standard InChI is InChI=1S/C38H49ClN4O7S/c1-37(2)35(44)41-51(46,42-36(45)40-28-14-18-48-19-15-28)29-10-13-34-32(21-29)43(22-26-8-11-30(26)33(47-3)7-5-17-50-37)23-38(24-49-34)16-4-6-25-20-27(39)9-12-31(25)38/h5,7,9-10,12-13,20-21,26,28,30,33H,4,6,8,11,14-19,22-24H2,1-3H3,(H2,40,41,42,44,45,46)/b7-5-/t26-,30+,33-,38-,51?/m0/s1. The van der Waals surface area contributed by atoms with Gasteiger partial charge < -0.3 is 29.2 Å². The Kier molecular flexibility index (Phi) is 10.4. The monoisotopic (exact) mass is 740 g/mol. The maximum atomic E-state index is 15.0. The molecule has 2 fully saturated rings. The van der Waals surface area contributed by atoms with Crippen molar-refractivity contribution in [1.29, 1.82) is 0 Å². The number of nitrogens with one attached hydrogen (secondary N) is 2. The number of benzene rings is 2. The minimum absolute atomic E-state index is 0.110. The van der Waals surface area contributed by atoms with Crippen molar-refractivity contribution in [3.05, 3.63) is 64.7 Å². The first-order chi connectivity index (χ1) is 24.5. The molecule has 2 aliphatic carbocycles. The first-order valence-electron chi connectivity index (χ1n) is 18.1. The molecule has 1 unspecified atom stereocenters. The molecule has 2 aromatic rings. The molecule has 5 atom stereocenters. The number of ether oxygens (including phenoxy) is 4. The molecule has 51 heavy (non-hydrogen) atoms. The highest BCUT2D eigenvalue weighted by Crippen LogP contribution is 2.47. The molecule has 13 heteroatoms. The van der Waals surface area contributed by atoms with Crippen molar-refractivity contribution >= 4 is 39.1 Å². The molecule has 2 bridgehead atoms. The van der Waals surface area contributed by atoms with E-state index in [2.05, 4.69) is 31.4 Å². The normalized spacial score (nSPS) is 31.5. The zero-order valence-electron chi connectivity index (χ0n) is 29.7. The molecule has 1 saturated carbocycles. The van der Waals surface area contributed by atoms with Gasteiger partial charge in [0.1, 0.15) is 11.4 Å². The number of carbonyl (C=O) groups excluding carboxylic acids is 2. The molecule has 11 nitrogen and oxygen atoms in total. The highest BCUT2D eigenvalue weighted by molar-refractivity contribution is 7.92. The first-order valence-corrected chi connectivity index (χ1v) is 20.0. The van der Waals surface area contributed by atoms with Gasteiger partial charge in [-0.05, 0) is 112 Å². The van der Waals surface area contributed by atoms with E-state index < -0.39 is 27.5 Å². The van der Waals surface area contributed by atoms with Crippen LogP contribution in [0.1, 0.15) is 63.5 Å². The van der Waals surface area contributed by atoms with Gasteiger partial charge in [-0.2, -0.15) is 0 Å². The van der Waals surface area contributed by atoms with Gasteiger partial charge in [0.05, 0.1) is 29.9 Å². The lowest BCUT2D eigenvalue weighted by Gasteiger charge is -2.46. The third-order valence-corrected chi connectivity index (χ3v) is 13.3. The third kappa shape index (κ3) is 7.53. The molecule has 0 radical (unpaired) electrons. The van der Waals surface area contributed by atoms with E-state index in [4.69, 9.17) is 30.5 Å². The lowest BCUT2D eigenvalue weighted by molar-refractivity contribution is -0.137. The number of aryl methyl sites for hydroxylation is 1. The fourth-order valence-corrected chi connectivity index (χ4v) is 10.0. The van der Waals surface area contributed by atoms with Crippen molar-refractivity contribution in [2.45, 2.75) is 86.9 Å². The lowest BCUT2D eigenvalue weighted by atomic mass is 9.68. The van der Waals surface area contributed by atoms with E-state index in [1.165, 1.54) is 11.1 Å². The quantitative estimate of drug-likeness (QED) is 0.369. The van der Waals surface area contributed by atoms with E-state index in [9.17, 15) is 9.59 Å². The number of halogens is 1. The minimum Gasteiger partial charge on any atom is -0.490 e. The second kappa shape index (κ2) is 14.7. The largest absolute Gasteiger partial charge is 0.490 e. The Morgan fingerprint density at radius 3 is 2.71 bits per heavy atom. The van der Waals surface area contributed by atoms with Crippen LogP contribution in [0.15, 0.2) is 57.8 Å². The van der Waals surface area contributed by atoms with Gasteiger partial charge in [-0.25, -0.2) is 13.7 Å². The highest BCUT2D eigenvalue weighted by Gasteiger charge is 2.45. The average Bonchev–Trinajstić information content (AvgIpc) is 3.24. The smallest absolute Gasteiger partial charge is 0.327 e. The van der Waals surface area contributed by atoms with E-state index in [1.807, 2.05) is 18.2 Å². The van der Waals surface area contributed by atoms with Crippen LogP contribution in [0.2, 0.25) is 5.02 Å². The second-order valence-electron chi connectivity index (χ2n) is 15.1. The Balaban J connectivity index is 1.33. The van der Waals surface area contributed by atoms with E-state index in [-0.39, 0.29) is 35.0 Å². The number of hydrogen-bond donors (Lipinski definition) is 2. The number of methoxy groups -OCH3 is 1. The van der Waals surface area contributed by atoms with Crippen LogP contribution in [0.3, 0.4) is 0 Å². The molecule has 3 aliphatic heterocycles. The molecular weight excluding hydrogens is 692 g/mol. The number of carbonyl (C=O) groups is 2. The summed E-state index contributed by atoms with van der Waals surface area (Å²) in [5.41, 5.74) is 1.52. The van der Waals surface area contributed by atoms with E-state index in [1.54, 1.807) is 39.2 Å². The van der Waals surface area contributed by atoms with Gasteiger partial charge in [0.25, 0.3) is 5.91 Å². The predicted molar refractivity (Wildman–Crippen MR) is 196 cm³/mol. The summed E-state index contributed by atoms with van der Waals surface area (Å²) in [6.07, 6.45) is 10.0. The SMILES string of the molecule is CO[C@H]1/C=C\COC(C)(C)C(=O)N=S(=O)(NC(=O)NC2CCOCC2)c2ccc3c(c2)N(C[C@@H]2CC[C@H]21)C[C@@]1(CCCc2cc(Cl)ccc21)CO3. The predicted octanol–water partition coefficient (Wildman–Crippen LogP) is 5.97. The summed E-state index contributed by atoms with van der Waals surface area (Å²) in [6, 6.07) is 10.6. The number of urea groups is 1. The van der Waals surface area contributed by atoms with Gasteiger partial charge >= 0.3 is 6.03 Å². The number of nitrogens with zero attached hydrogens (tertiary/aromatic N) is 2. The lowest BCUT2D eigenvalue weighted by Crippen LogP contribution is -2.49. The van der Waals surface area contributed by atoms with Crippen LogP contribution >= 0.6 is 11.6 Å². The van der Waals surface area contributed by atoms with Crippen LogP contribution in [0.4, 0.5) is 10.5 Å². The van der Waals surface area contributed by atoms with E-state index >= 15 is 4.21 Å². The zero-order chi connectivity index (χ0) is 35.8. The summed E-state index contributed by atoms with van der Waals surface area (Å²) in [4.78, 5) is 29.8. The molecule has 7 rings (SSSR count). The maximum Gasteiger partial charge on any atom is 0.327 e. The van der Waals surface area contributed by atoms with E-state index in [0.717, 1.165) is 49.4 Å². The number of hydrogen-bond acceptors (Lipinski definition) is 8. The Morgan fingerprint density at radius 2 is 1.94 bits per heavy atom. The van der Waals surface area contributed by atoms with Crippen LogP contribution in [0.5, 0.6) is 5.75 Å². The van der Waals surface area contributed by atoms with Crippen molar-refractivity contribution in [3.63, 3.8) is 0 Å². The first kappa shape index (κ1) is 36.2. The maximum absolute atomic E-state index is 15.0. The number of rotatable bonds is 3. The van der Waals surface area contributed by atoms with Crippen LogP contribution in [-0.2, 0) is 40.8 Å². The van der Waals surface area contributed by atoms with Gasteiger partial charge in [-0.15, -0.1) is 4.36 Å². The molecule has 2 aromatic carbocycles. The Morgan fingerprint density at radius 1 is 1.12 bits per heavy atom. The van der Waals surface area contributed by atoms with Crippen LogP contribution in [0.25, 0.3) is 0 Å². The Labute approximate surface area is 306 Å². The van der Waals surface area contributed by atoms with Crippen LogP contribution in [-0.4, -0.2) is 80.5 Å². The molecular formula is C38H49ClN4O7S. The Hall–Kier alpha value is -3.16. The summed E-state index contributed by atoms with van der Waals surface area (Å²) < 4.78 is 46.0. The summed E-state index contributed by atoms with van der Waals surface area (Å²) in [5, 5.41) is 3.64. The third-order valence-electron chi connectivity index (χ3n) is 11.3. The van der Waals surface area contributed by atoms with Crippen molar-refractivity contribution in [1.82, 2.24) is 10.0 Å². The van der Waals surface area contributed by atoms with Crippen molar-refractivity contribution in [3.8, 4) is 5.75 Å². The molecule has 0 aromatic heterocycles. The van der Waals surface area contributed by atoms with Crippen molar-refractivity contribution in [2.75, 3.05) is 51.5 Å². The van der Waals surface area contributed by atoms with Gasteiger partial charge in [-0.3, -0.25) is 4.79 Å². The summed E-state index contributed by atoms with van der Waals surface area (Å²) in [6.45, 7) is 6.23. The molecule has 5 aliphatic rings. The summed E-state index contributed by atoms with van der Waals surface area (Å²) in [7, 11) is -2.11. The van der Waals surface area contributed by atoms with Gasteiger partial charge in [0.2, 0.25) is 0 Å². The molecule has 276 valence electrons. The number of amides is 3. The van der Waals surface area contributed by atoms with Crippen molar-refractivity contribution in [2.24, 2.45) is 16.2 Å². The van der Waals surface area contributed by atoms with Gasteiger partial charge in [-0.1, -0.05) is 29.8 Å².